The van der Waals surface area contributed by atoms with E-state index in [9.17, 15) is 9.59 Å². The molecule has 1 aliphatic heterocycles. The van der Waals surface area contributed by atoms with Crippen LogP contribution in [-0.4, -0.2) is 26.8 Å². The molecule has 1 aliphatic rings. The number of aromatic nitrogens is 3. The fourth-order valence-corrected chi connectivity index (χ4v) is 2.49. The smallest absolute Gasteiger partial charge is 0.277 e. The molecule has 2 heterocycles. The Hall–Kier alpha value is -3.68. The Morgan fingerprint density at radius 2 is 2.04 bits per heavy atom. The third kappa shape index (κ3) is 2.80. The number of carbonyl (C=O) groups is 2. The largest absolute Gasteiger partial charge is 0.454 e. The van der Waals surface area contributed by atoms with Gasteiger partial charge in [0.05, 0.1) is 17.4 Å². The van der Waals surface area contributed by atoms with Gasteiger partial charge in [-0.2, -0.15) is 0 Å². The van der Waals surface area contributed by atoms with Crippen molar-refractivity contribution in [1.82, 2.24) is 15.0 Å². The summed E-state index contributed by atoms with van der Waals surface area (Å²) in [6.07, 6.45) is 1.51. The number of ether oxygens (including phenoxy) is 1. The Morgan fingerprint density at radius 1 is 1.20 bits per heavy atom. The zero-order chi connectivity index (χ0) is 17.4. The molecule has 0 atom stereocenters. The van der Waals surface area contributed by atoms with Crippen LogP contribution in [0.1, 0.15) is 20.8 Å². The number of para-hydroxylation sites is 2. The van der Waals surface area contributed by atoms with E-state index in [1.165, 1.54) is 10.9 Å². The van der Waals surface area contributed by atoms with Crippen LogP contribution in [0, 0.1) is 0 Å². The highest BCUT2D eigenvalue weighted by Crippen LogP contribution is 2.36. The van der Waals surface area contributed by atoms with Gasteiger partial charge in [-0.1, -0.05) is 17.3 Å². The van der Waals surface area contributed by atoms with Gasteiger partial charge in [0.15, 0.2) is 11.4 Å². The first kappa shape index (κ1) is 14.9. The second kappa shape index (κ2) is 5.75. The molecule has 0 saturated carbocycles. The van der Waals surface area contributed by atoms with Crippen molar-refractivity contribution in [3.8, 4) is 11.5 Å². The van der Waals surface area contributed by atoms with E-state index in [2.05, 4.69) is 20.9 Å². The van der Waals surface area contributed by atoms with E-state index >= 15 is 0 Å². The number of anilines is 2. The van der Waals surface area contributed by atoms with Crippen molar-refractivity contribution in [2.75, 3.05) is 10.6 Å². The normalized spacial score (nSPS) is 12.3. The first-order valence-electron chi connectivity index (χ1n) is 7.50. The highest BCUT2D eigenvalue weighted by Gasteiger charge is 2.21. The molecule has 2 amide bonds. The molecule has 0 bridgehead atoms. The molecule has 0 spiro atoms. The zero-order valence-corrected chi connectivity index (χ0v) is 13.2. The standard InChI is InChI=1S/C17H13N5O3/c1-22-9-13(20-21-22)17(24)18-10-6-7-14-11(8-10)16(23)19-12-4-2-3-5-15(12)25-14/h2-9H,1H3,(H,18,24)(H,19,23). The predicted molar refractivity (Wildman–Crippen MR) is 89.9 cm³/mol. The number of benzene rings is 2. The summed E-state index contributed by atoms with van der Waals surface area (Å²) in [4.78, 5) is 24.6. The molecule has 0 radical (unpaired) electrons. The SMILES string of the molecule is Cn1cc(C(=O)Nc2ccc3c(c2)C(=O)Nc2ccccc2O3)nn1. The number of aryl methyl sites for hydroxylation is 1. The van der Waals surface area contributed by atoms with Crippen LogP contribution in [-0.2, 0) is 7.05 Å². The van der Waals surface area contributed by atoms with Crippen LogP contribution in [0.3, 0.4) is 0 Å². The Morgan fingerprint density at radius 3 is 2.84 bits per heavy atom. The number of amides is 2. The Bertz CT molecular complexity index is 995. The molecular formula is C17H13N5O3. The maximum Gasteiger partial charge on any atom is 0.277 e. The summed E-state index contributed by atoms with van der Waals surface area (Å²) in [5, 5.41) is 13.0. The minimum absolute atomic E-state index is 0.186. The van der Waals surface area contributed by atoms with Gasteiger partial charge in [0, 0.05) is 12.7 Å². The Kier molecular flexibility index (Phi) is 3.42. The third-order valence-electron chi connectivity index (χ3n) is 3.67. The second-order valence-electron chi connectivity index (χ2n) is 5.49. The lowest BCUT2D eigenvalue weighted by Gasteiger charge is -2.09. The molecule has 0 aliphatic carbocycles. The monoisotopic (exact) mass is 335 g/mol. The van der Waals surface area contributed by atoms with Crippen molar-refractivity contribution in [3.63, 3.8) is 0 Å². The Labute approximate surface area is 142 Å². The molecule has 25 heavy (non-hydrogen) atoms. The van der Waals surface area contributed by atoms with Gasteiger partial charge < -0.3 is 15.4 Å². The fraction of sp³-hybridized carbons (Fsp3) is 0.0588. The first-order valence-corrected chi connectivity index (χ1v) is 7.50. The molecule has 124 valence electrons. The summed E-state index contributed by atoms with van der Waals surface area (Å²) < 4.78 is 7.23. The number of carbonyl (C=O) groups excluding carboxylic acids is 2. The van der Waals surface area contributed by atoms with E-state index in [-0.39, 0.29) is 11.6 Å². The highest BCUT2D eigenvalue weighted by molar-refractivity contribution is 6.09. The van der Waals surface area contributed by atoms with Gasteiger partial charge in [-0.3, -0.25) is 14.3 Å². The van der Waals surface area contributed by atoms with Crippen molar-refractivity contribution in [3.05, 3.63) is 59.9 Å². The molecule has 2 aromatic carbocycles. The van der Waals surface area contributed by atoms with Crippen molar-refractivity contribution in [1.29, 1.82) is 0 Å². The fourth-order valence-electron chi connectivity index (χ4n) is 2.49. The molecule has 8 nitrogen and oxygen atoms in total. The topological polar surface area (TPSA) is 98.1 Å². The van der Waals surface area contributed by atoms with E-state index in [1.807, 2.05) is 12.1 Å². The Balaban J connectivity index is 1.63. The van der Waals surface area contributed by atoms with Gasteiger partial charge >= 0.3 is 0 Å². The summed E-state index contributed by atoms with van der Waals surface area (Å²) in [6.45, 7) is 0. The molecule has 4 rings (SSSR count). The van der Waals surface area contributed by atoms with Crippen LogP contribution in [0.4, 0.5) is 11.4 Å². The highest BCUT2D eigenvalue weighted by atomic mass is 16.5. The van der Waals surface area contributed by atoms with Gasteiger partial charge in [0.1, 0.15) is 5.75 Å². The van der Waals surface area contributed by atoms with Crippen LogP contribution in [0.2, 0.25) is 0 Å². The van der Waals surface area contributed by atoms with Crippen LogP contribution >= 0.6 is 0 Å². The number of fused-ring (bicyclic) bond motifs is 2. The maximum absolute atomic E-state index is 12.5. The third-order valence-corrected chi connectivity index (χ3v) is 3.67. The molecule has 0 saturated heterocycles. The summed E-state index contributed by atoms with van der Waals surface area (Å²) in [6, 6.07) is 12.0. The van der Waals surface area contributed by atoms with E-state index in [0.717, 1.165) is 0 Å². The molecule has 0 unspecified atom stereocenters. The lowest BCUT2D eigenvalue weighted by molar-refractivity contribution is 0.101. The molecule has 8 heteroatoms. The molecule has 3 aromatic rings. The van der Waals surface area contributed by atoms with Crippen LogP contribution in [0.15, 0.2) is 48.7 Å². The predicted octanol–water partition coefficient (Wildman–Crippen LogP) is 2.43. The maximum atomic E-state index is 12.5. The quantitative estimate of drug-likeness (QED) is 0.749. The molecule has 0 fully saturated rings. The number of hydrogen-bond acceptors (Lipinski definition) is 5. The lowest BCUT2D eigenvalue weighted by atomic mass is 10.1. The minimum atomic E-state index is -0.411. The number of hydrogen-bond donors (Lipinski definition) is 2. The first-order chi connectivity index (χ1) is 12.1. The summed E-state index contributed by atoms with van der Waals surface area (Å²) in [5.41, 5.74) is 1.56. The second-order valence-corrected chi connectivity index (χ2v) is 5.49. The van der Waals surface area contributed by atoms with E-state index in [1.54, 1.807) is 37.4 Å². The van der Waals surface area contributed by atoms with Crippen LogP contribution in [0.5, 0.6) is 11.5 Å². The van der Waals surface area contributed by atoms with Gasteiger partial charge in [0.25, 0.3) is 11.8 Å². The minimum Gasteiger partial charge on any atom is -0.454 e. The molecule has 2 N–H and O–H groups in total. The van der Waals surface area contributed by atoms with Gasteiger partial charge in [0.2, 0.25) is 0 Å². The van der Waals surface area contributed by atoms with Crippen molar-refractivity contribution in [2.24, 2.45) is 7.05 Å². The van der Waals surface area contributed by atoms with E-state index < -0.39 is 5.91 Å². The molecular weight excluding hydrogens is 322 g/mol. The number of rotatable bonds is 2. The van der Waals surface area contributed by atoms with Crippen LogP contribution in [0.25, 0.3) is 0 Å². The van der Waals surface area contributed by atoms with Crippen molar-refractivity contribution >= 4 is 23.2 Å². The van der Waals surface area contributed by atoms with Gasteiger partial charge in [-0.05, 0) is 30.3 Å². The summed E-state index contributed by atoms with van der Waals surface area (Å²) in [7, 11) is 1.67. The average Bonchev–Trinajstić information content (AvgIpc) is 2.98. The zero-order valence-electron chi connectivity index (χ0n) is 13.2. The van der Waals surface area contributed by atoms with Crippen molar-refractivity contribution in [2.45, 2.75) is 0 Å². The average molecular weight is 335 g/mol. The number of nitrogens with zero attached hydrogens (tertiary/aromatic N) is 3. The molecule has 1 aromatic heterocycles. The van der Waals surface area contributed by atoms with Crippen LogP contribution < -0.4 is 15.4 Å². The van der Waals surface area contributed by atoms with Gasteiger partial charge in [-0.15, -0.1) is 5.10 Å². The lowest BCUT2D eigenvalue weighted by Crippen LogP contribution is -2.14. The summed E-state index contributed by atoms with van der Waals surface area (Å²) in [5.74, 6) is 0.257. The number of nitrogens with one attached hydrogen (secondary N) is 2. The van der Waals surface area contributed by atoms with E-state index in [0.29, 0.717) is 28.4 Å². The van der Waals surface area contributed by atoms with Crippen molar-refractivity contribution < 1.29 is 14.3 Å². The van der Waals surface area contributed by atoms with E-state index in [4.69, 9.17) is 4.74 Å². The van der Waals surface area contributed by atoms with Gasteiger partial charge in [-0.25, -0.2) is 0 Å². The summed E-state index contributed by atoms with van der Waals surface area (Å²) >= 11 is 0.